The van der Waals surface area contributed by atoms with Gasteiger partial charge in [-0.15, -0.1) is 0 Å². The Balaban J connectivity index is 0.000000516. The summed E-state index contributed by atoms with van der Waals surface area (Å²) < 4.78 is 5.85. The third kappa shape index (κ3) is 3.86. The van der Waals surface area contributed by atoms with Crippen LogP contribution in [0.3, 0.4) is 0 Å². The summed E-state index contributed by atoms with van der Waals surface area (Å²) in [5.41, 5.74) is 3.47. The Morgan fingerprint density at radius 3 is 2.43 bits per heavy atom. The lowest BCUT2D eigenvalue weighted by Crippen LogP contribution is -2.62. The first-order chi connectivity index (χ1) is 13.6. The number of likely N-dealkylation sites (tertiary alicyclic amines) is 1. The van der Waals surface area contributed by atoms with E-state index in [9.17, 15) is 0 Å². The number of benzene rings is 1. The maximum Gasteiger partial charge on any atom is 0.122 e. The summed E-state index contributed by atoms with van der Waals surface area (Å²) in [7, 11) is 1.85. The predicted octanol–water partition coefficient (Wildman–Crippen LogP) is 6.75. The molecule has 1 aliphatic heterocycles. The van der Waals surface area contributed by atoms with Gasteiger partial charge in [0.25, 0.3) is 0 Å². The largest absolute Gasteiger partial charge is 0.496 e. The summed E-state index contributed by atoms with van der Waals surface area (Å²) in [6.45, 7) is 10.5. The molecule has 158 valence electrons. The Bertz CT molecular complexity index is 621. The fraction of sp³-hybridized carbons (Fsp3) is 0.769. The van der Waals surface area contributed by atoms with Gasteiger partial charge in [0.05, 0.1) is 7.11 Å². The second-order valence-corrected chi connectivity index (χ2v) is 9.39. The highest BCUT2D eigenvalue weighted by Gasteiger charge is 2.53. The van der Waals surface area contributed by atoms with Gasteiger partial charge >= 0.3 is 0 Å². The lowest BCUT2D eigenvalue weighted by molar-refractivity contribution is -0.0308. The molecule has 0 spiro atoms. The molecule has 4 rings (SSSR count). The van der Waals surface area contributed by atoms with Crippen LogP contribution in [0.4, 0.5) is 0 Å². The van der Waals surface area contributed by atoms with Gasteiger partial charge in [-0.1, -0.05) is 71.9 Å². The number of nitrogens with zero attached hydrogens (tertiary/aromatic N) is 1. The average Bonchev–Trinajstić information content (AvgIpc) is 2.68. The van der Waals surface area contributed by atoms with E-state index < -0.39 is 0 Å². The molecule has 28 heavy (non-hydrogen) atoms. The van der Waals surface area contributed by atoms with Crippen LogP contribution in [0.2, 0.25) is 0 Å². The number of methoxy groups -OCH3 is 1. The Morgan fingerprint density at radius 2 is 1.86 bits per heavy atom. The van der Waals surface area contributed by atoms with Gasteiger partial charge in [-0.05, 0) is 56.2 Å². The van der Waals surface area contributed by atoms with Gasteiger partial charge < -0.3 is 4.74 Å². The molecule has 2 aliphatic carbocycles. The minimum Gasteiger partial charge on any atom is -0.496 e. The SMILES string of the molecule is CCCC.CCCCC12CCN(C3CCC3)C(Cc3cccc(OC)c31)C2C. The van der Waals surface area contributed by atoms with Crippen molar-refractivity contribution in [2.45, 2.75) is 109 Å². The molecule has 1 heterocycles. The van der Waals surface area contributed by atoms with Crippen LogP contribution >= 0.6 is 0 Å². The van der Waals surface area contributed by atoms with Crippen molar-refractivity contribution in [1.29, 1.82) is 0 Å². The highest BCUT2D eigenvalue weighted by molar-refractivity contribution is 5.49. The van der Waals surface area contributed by atoms with Crippen LogP contribution in [-0.2, 0) is 11.8 Å². The van der Waals surface area contributed by atoms with Gasteiger partial charge in [0.15, 0.2) is 0 Å². The van der Waals surface area contributed by atoms with Crippen molar-refractivity contribution in [2.75, 3.05) is 13.7 Å². The van der Waals surface area contributed by atoms with E-state index in [0.29, 0.717) is 5.41 Å². The molecule has 0 radical (unpaired) electrons. The summed E-state index contributed by atoms with van der Waals surface area (Å²) in [4.78, 5) is 2.89. The Morgan fingerprint density at radius 1 is 1.11 bits per heavy atom. The molecule has 2 bridgehead atoms. The molecule has 2 heteroatoms. The van der Waals surface area contributed by atoms with E-state index in [1.165, 1.54) is 70.8 Å². The Kier molecular flexibility index (Phi) is 7.48. The monoisotopic (exact) mass is 385 g/mol. The topological polar surface area (TPSA) is 12.5 Å². The van der Waals surface area contributed by atoms with Crippen molar-refractivity contribution in [3.05, 3.63) is 29.3 Å². The molecule has 0 aromatic heterocycles. The summed E-state index contributed by atoms with van der Waals surface area (Å²) in [5.74, 6) is 1.88. The fourth-order valence-electron chi connectivity index (χ4n) is 5.87. The molecule has 1 aromatic carbocycles. The third-order valence-corrected chi connectivity index (χ3v) is 7.97. The van der Waals surface area contributed by atoms with Crippen molar-refractivity contribution in [1.82, 2.24) is 4.90 Å². The molecule has 2 nitrogen and oxygen atoms in total. The molecule has 3 unspecified atom stereocenters. The summed E-state index contributed by atoms with van der Waals surface area (Å²) in [6.07, 6.45) is 13.4. The number of fused-ring (bicyclic) bond motifs is 4. The molecule has 0 amide bonds. The maximum absolute atomic E-state index is 5.85. The van der Waals surface area contributed by atoms with Gasteiger partial charge in [-0.2, -0.15) is 0 Å². The van der Waals surface area contributed by atoms with Crippen LogP contribution in [0.15, 0.2) is 18.2 Å². The molecule has 1 aromatic rings. The second-order valence-electron chi connectivity index (χ2n) is 9.39. The molecule has 1 saturated carbocycles. The lowest BCUT2D eigenvalue weighted by Gasteiger charge is -2.59. The van der Waals surface area contributed by atoms with E-state index in [1.807, 2.05) is 7.11 Å². The number of hydrogen-bond acceptors (Lipinski definition) is 2. The zero-order valence-electron chi connectivity index (χ0n) is 19.1. The first kappa shape index (κ1) is 21.7. The fourth-order valence-corrected chi connectivity index (χ4v) is 5.87. The number of hydrogen-bond donors (Lipinski definition) is 0. The highest BCUT2D eigenvalue weighted by atomic mass is 16.5. The van der Waals surface area contributed by atoms with Gasteiger partial charge in [0.2, 0.25) is 0 Å². The van der Waals surface area contributed by atoms with Crippen LogP contribution in [0.25, 0.3) is 0 Å². The standard InChI is InChI=1S/C22H33NO.C4H10/c1-4-5-12-22-13-14-23(18-9-7-10-18)19(16(22)2)15-17-8-6-11-20(24-3)21(17)22;1-3-4-2/h6,8,11,16,18-19H,4-5,7,9-10,12-15H2,1-3H3;3-4H2,1-2H3. The van der Waals surface area contributed by atoms with Crippen LogP contribution in [-0.4, -0.2) is 30.6 Å². The third-order valence-electron chi connectivity index (χ3n) is 7.97. The van der Waals surface area contributed by atoms with Gasteiger partial charge in [0.1, 0.15) is 5.75 Å². The van der Waals surface area contributed by atoms with Crippen molar-refractivity contribution < 1.29 is 4.74 Å². The van der Waals surface area contributed by atoms with E-state index in [4.69, 9.17) is 4.74 Å². The molecule has 0 N–H and O–H groups in total. The zero-order chi connectivity index (χ0) is 20.1. The predicted molar refractivity (Wildman–Crippen MR) is 120 cm³/mol. The second kappa shape index (κ2) is 9.65. The highest BCUT2D eigenvalue weighted by Crippen LogP contribution is 2.55. The van der Waals surface area contributed by atoms with E-state index in [0.717, 1.165) is 23.8 Å². The molecule has 2 fully saturated rings. The number of ether oxygens (including phenoxy) is 1. The van der Waals surface area contributed by atoms with Crippen LogP contribution in [0.1, 0.15) is 96.6 Å². The molecule has 1 saturated heterocycles. The van der Waals surface area contributed by atoms with Crippen LogP contribution in [0, 0.1) is 5.92 Å². The summed E-state index contributed by atoms with van der Waals surface area (Å²) in [5, 5.41) is 0. The van der Waals surface area contributed by atoms with Crippen molar-refractivity contribution in [2.24, 2.45) is 5.92 Å². The number of piperidine rings is 1. The first-order valence-electron chi connectivity index (χ1n) is 12.0. The molecular weight excluding hydrogens is 342 g/mol. The quantitative estimate of drug-likeness (QED) is 0.537. The number of unbranched alkanes of at least 4 members (excludes halogenated alkanes) is 2. The molecule has 3 atom stereocenters. The summed E-state index contributed by atoms with van der Waals surface area (Å²) >= 11 is 0. The Labute approximate surface area is 174 Å². The minimum atomic E-state index is 0.334. The van der Waals surface area contributed by atoms with Crippen LogP contribution < -0.4 is 4.74 Å². The van der Waals surface area contributed by atoms with E-state index >= 15 is 0 Å². The van der Waals surface area contributed by atoms with Gasteiger partial charge in [-0.25, -0.2) is 0 Å². The smallest absolute Gasteiger partial charge is 0.122 e. The maximum atomic E-state index is 5.85. The van der Waals surface area contributed by atoms with Crippen molar-refractivity contribution in [3.8, 4) is 5.75 Å². The average molecular weight is 386 g/mol. The molecular formula is C26H43NO. The molecule has 3 aliphatic rings. The Hall–Kier alpha value is -1.02. The van der Waals surface area contributed by atoms with E-state index in [1.54, 1.807) is 11.1 Å². The minimum absolute atomic E-state index is 0.334. The summed E-state index contributed by atoms with van der Waals surface area (Å²) in [6, 6.07) is 8.37. The van der Waals surface area contributed by atoms with Crippen molar-refractivity contribution >= 4 is 0 Å². The van der Waals surface area contributed by atoms with Crippen molar-refractivity contribution in [3.63, 3.8) is 0 Å². The lowest BCUT2D eigenvalue weighted by atomic mass is 9.55. The van der Waals surface area contributed by atoms with Gasteiger partial charge in [-0.3, -0.25) is 4.90 Å². The van der Waals surface area contributed by atoms with Crippen LogP contribution in [0.5, 0.6) is 5.75 Å². The normalized spacial score (nSPS) is 29.3. The zero-order valence-corrected chi connectivity index (χ0v) is 19.1. The number of rotatable bonds is 6. The van der Waals surface area contributed by atoms with E-state index in [-0.39, 0.29) is 0 Å². The first-order valence-corrected chi connectivity index (χ1v) is 12.0. The van der Waals surface area contributed by atoms with Gasteiger partial charge in [0, 0.05) is 23.1 Å². The van der Waals surface area contributed by atoms with E-state index in [2.05, 4.69) is 50.8 Å².